The third kappa shape index (κ3) is 1.86. The van der Waals surface area contributed by atoms with E-state index in [0.717, 1.165) is 12.1 Å². The van der Waals surface area contributed by atoms with Crippen LogP contribution in [0.1, 0.15) is 10.4 Å². The minimum Gasteiger partial charge on any atom is -0.504 e. The first-order chi connectivity index (χ1) is 6.56. The predicted octanol–water partition coefficient (Wildman–Crippen LogP) is 0.309. The molecule has 76 valence electrons. The molecule has 0 aliphatic carbocycles. The van der Waals surface area contributed by atoms with Crippen molar-refractivity contribution in [3.8, 4) is 17.2 Å². The van der Waals surface area contributed by atoms with Gasteiger partial charge in [-0.1, -0.05) is 0 Å². The van der Waals surface area contributed by atoms with E-state index in [9.17, 15) is 15.0 Å². The van der Waals surface area contributed by atoms with Crippen molar-refractivity contribution in [1.82, 2.24) is 5.48 Å². The van der Waals surface area contributed by atoms with Crippen LogP contribution in [-0.2, 0) is 0 Å². The summed E-state index contributed by atoms with van der Waals surface area (Å²) in [6, 6.07) is 1.96. The van der Waals surface area contributed by atoms with Crippen LogP contribution in [-0.4, -0.2) is 28.3 Å². The maximum atomic E-state index is 10.5. The predicted molar refractivity (Wildman–Crippen MR) is 46.4 cm³/mol. The largest absolute Gasteiger partial charge is 0.504 e. The summed E-state index contributed by atoms with van der Waals surface area (Å²) in [6.07, 6.45) is 0. The number of phenols is 2. The van der Waals surface area contributed by atoms with Gasteiger partial charge >= 0.3 is 5.97 Å². The number of nitrogens with one attached hydrogen (secondary N) is 1. The fourth-order valence-electron chi connectivity index (χ4n) is 0.929. The molecule has 0 aliphatic heterocycles. The van der Waals surface area contributed by atoms with E-state index in [1.54, 1.807) is 0 Å². The van der Waals surface area contributed by atoms with Crippen LogP contribution in [0.3, 0.4) is 0 Å². The fourth-order valence-corrected chi connectivity index (χ4v) is 0.929. The Balaban J connectivity index is 3.18. The average molecular weight is 199 g/mol. The minimum atomic E-state index is -1.24. The first-order valence-corrected chi connectivity index (χ1v) is 3.69. The van der Waals surface area contributed by atoms with E-state index in [0.29, 0.717) is 0 Å². The van der Waals surface area contributed by atoms with Crippen molar-refractivity contribution in [1.29, 1.82) is 0 Å². The number of aromatic carboxylic acids is 1. The smallest absolute Gasteiger partial charge is 0.335 e. The molecule has 0 spiro atoms. The van der Waals surface area contributed by atoms with Gasteiger partial charge in [0.15, 0.2) is 11.5 Å². The summed E-state index contributed by atoms with van der Waals surface area (Å²) in [6.45, 7) is 0. The Morgan fingerprint density at radius 1 is 1.36 bits per heavy atom. The summed E-state index contributed by atoms with van der Waals surface area (Å²) in [4.78, 5) is 15.2. The molecule has 4 N–H and O–H groups in total. The van der Waals surface area contributed by atoms with Gasteiger partial charge in [-0.2, -0.15) is 5.48 Å². The van der Waals surface area contributed by atoms with Crippen molar-refractivity contribution < 1.29 is 25.0 Å². The number of phenolic OH excluding ortho intramolecular Hbond substituents is 2. The third-order valence-corrected chi connectivity index (χ3v) is 1.50. The Hall–Kier alpha value is -1.95. The van der Waals surface area contributed by atoms with Gasteiger partial charge in [0.25, 0.3) is 0 Å². The molecule has 0 unspecified atom stereocenters. The van der Waals surface area contributed by atoms with E-state index in [1.807, 2.05) is 0 Å². The molecule has 0 atom stereocenters. The second-order valence-corrected chi connectivity index (χ2v) is 2.45. The summed E-state index contributed by atoms with van der Waals surface area (Å²) < 4.78 is 0. The van der Waals surface area contributed by atoms with Crippen LogP contribution in [0.15, 0.2) is 12.1 Å². The molecule has 1 aromatic rings. The van der Waals surface area contributed by atoms with Crippen molar-refractivity contribution in [2.24, 2.45) is 0 Å². The first-order valence-electron chi connectivity index (χ1n) is 3.69. The fraction of sp³-hybridized carbons (Fsp3) is 0.125. The zero-order valence-electron chi connectivity index (χ0n) is 7.31. The molecule has 0 fully saturated rings. The third-order valence-electron chi connectivity index (χ3n) is 1.50. The van der Waals surface area contributed by atoms with Crippen LogP contribution in [0.2, 0.25) is 0 Å². The molecule has 6 heteroatoms. The molecule has 1 aromatic carbocycles. The SMILES string of the molecule is CNOc1c(O)cc(C(=O)O)cc1O. The maximum Gasteiger partial charge on any atom is 0.335 e. The lowest BCUT2D eigenvalue weighted by molar-refractivity contribution is 0.0695. The Labute approximate surface area is 79.3 Å². The van der Waals surface area contributed by atoms with Gasteiger partial charge in [0.2, 0.25) is 5.75 Å². The number of hydroxylamine groups is 1. The molecule has 0 saturated carbocycles. The van der Waals surface area contributed by atoms with Crippen LogP contribution in [0.25, 0.3) is 0 Å². The van der Waals surface area contributed by atoms with Crippen molar-refractivity contribution in [3.63, 3.8) is 0 Å². The molecule has 0 aliphatic rings. The van der Waals surface area contributed by atoms with Crippen molar-refractivity contribution in [2.75, 3.05) is 7.05 Å². The van der Waals surface area contributed by atoms with Gasteiger partial charge in [-0.25, -0.2) is 4.79 Å². The van der Waals surface area contributed by atoms with Crippen LogP contribution in [0.4, 0.5) is 0 Å². The van der Waals surface area contributed by atoms with E-state index in [2.05, 4.69) is 10.3 Å². The minimum absolute atomic E-state index is 0.211. The van der Waals surface area contributed by atoms with Gasteiger partial charge in [0.1, 0.15) is 0 Å². The van der Waals surface area contributed by atoms with Gasteiger partial charge in [0, 0.05) is 7.05 Å². The molecule has 0 aromatic heterocycles. The van der Waals surface area contributed by atoms with Crippen molar-refractivity contribution in [2.45, 2.75) is 0 Å². The van der Waals surface area contributed by atoms with Crippen LogP contribution >= 0.6 is 0 Å². The quantitative estimate of drug-likeness (QED) is 0.523. The highest BCUT2D eigenvalue weighted by atomic mass is 16.7. The Bertz CT molecular complexity index is 340. The monoisotopic (exact) mass is 199 g/mol. The first kappa shape index (κ1) is 10.1. The van der Waals surface area contributed by atoms with Crippen LogP contribution < -0.4 is 10.3 Å². The van der Waals surface area contributed by atoms with Crippen LogP contribution in [0.5, 0.6) is 17.2 Å². The molecular weight excluding hydrogens is 190 g/mol. The number of carboxylic acids is 1. The summed E-state index contributed by atoms with van der Waals surface area (Å²) in [7, 11) is 1.43. The lowest BCUT2D eigenvalue weighted by Crippen LogP contribution is -2.11. The summed E-state index contributed by atoms with van der Waals surface area (Å²) >= 11 is 0. The number of rotatable bonds is 3. The number of hydrogen-bond acceptors (Lipinski definition) is 5. The zero-order chi connectivity index (χ0) is 10.7. The van der Waals surface area contributed by atoms with Crippen LogP contribution in [0, 0.1) is 0 Å². The Morgan fingerprint density at radius 2 is 1.86 bits per heavy atom. The molecule has 6 nitrogen and oxygen atoms in total. The average Bonchev–Trinajstić information content (AvgIpc) is 2.10. The molecule has 0 radical (unpaired) electrons. The summed E-state index contributed by atoms with van der Waals surface area (Å²) in [5, 5.41) is 27.1. The van der Waals surface area contributed by atoms with Gasteiger partial charge in [-0.05, 0) is 12.1 Å². The standard InChI is InChI=1S/C8H9NO5/c1-9-14-7-5(10)2-4(8(12)13)3-6(7)11/h2-3,9-11H,1H3,(H,12,13). The van der Waals surface area contributed by atoms with Gasteiger partial charge in [-0.3, -0.25) is 0 Å². The lowest BCUT2D eigenvalue weighted by atomic mass is 10.2. The molecule has 0 heterocycles. The number of aromatic hydroxyl groups is 2. The summed E-state index contributed by atoms with van der Waals surface area (Å²) in [5.41, 5.74) is 2.03. The Kier molecular flexibility index (Phi) is 2.78. The van der Waals surface area contributed by atoms with E-state index >= 15 is 0 Å². The van der Waals surface area contributed by atoms with E-state index < -0.39 is 17.5 Å². The zero-order valence-corrected chi connectivity index (χ0v) is 7.31. The second kappa shape index (κ2) is 3.84. The molecule has 0 bridgehead atoms. The second-order valence-electron chi connectivity index (χ2n) is 2.45. The lowest BCUT2D eigenvalue weighted by Gasteiger charge is -2.07. The van der Waals surface area contributed by atoms with E-state index in [4.69, 9.17) is 5.11 Å². The summed E-state index contributed by atoms with van der Waals surface area (Å²) in [5.74, 6) is -2.35. The number of carbonyl (C=O) groups is 1. The molecule has 0 saturated heterocycles. The van der Waals surface area contributed by atoms with Crippen molar-refractivity contribution >= 4 is 5.97 Å². The maximum absolute atomic E-state index is 10.5. The molecule has 1 rings (SSSR count). The van der Waals surface area contributed by atoms with E-state index in [-0.39, 0.29) is 11.3 Å². The van der Waals surface area contributed by atoms with Gasteiger partial charge in [-0.15, -0.1) is 0 Å². The number of hydrogen-bond donors (Lipinski definition) is 4. The highest BCUT2D eigenvalue weighted by Crippen LogP contribution is 2.36. The topological polar surface area (TPSA) is 99.0 Å². The van der Waals surface area contributed by atoms with Gasteiger partial charge < -0.3 is 20.2 Å². The highest BCUT2D eigenvalue weighted by Gasteiger charge is 2.14. The molecular formula is C8H9NO5. The van der Waals surface area contributed by atoms with E-state index in [1.165, 1.54) is 7.05 Å². The number of carboxylic acid groups (broad SMARTS) is 1. The molecule has 14 heavy (non-hydrogen) atoms. The van der Waals surface area contributed by atoms with Crippen molar-refractivity contribution in [3.05, 3.63) is 17.7 Å². The normalized spacial score (nSPS) is 9.79. The number of benzene rings is 1. The highest BCUT2D eigenvalue weighted by molar-refractivity contribution is 5.89. The molecule has 0 amide bonds. The Morgan fingerprint density at radius 3 is 2.21 bits per heavy atom. The van der Waals surface area contributed by atoms with Gasteiger partial charge in [0.05, 0.1) is 5.56 Å².